The van der Waals surface area contributed by atoms with E-state index in [9.17, 15) is 4.79 Å². The minimum atomic E-state index is -0.0959. The summed E-state index contributed by atoms with van der Waals surface area (Å²) in [4.78, 5) is 18.7. The minimum absolute atomic E-state index is 0.0642. The van der Waals surface area contributed by atoms with E-state index < -0.39 is 0 Å². The number of hydrogen-bond acceptors (Lipinski definition) is 4. The van der Waals surface area contributed by atoms with E-state index in [2.05, 4.69) is 5.16 Å². The first-order chi connectivity index (χ1) is 10.1. The zero-order valence-electron chi connectivity index (χ0n) is 12.2. The highest BCUT2D eigenvalue weighted by molar-refractivity contribution is 5.82. The van der Waals surface area contributed by atoms with Gasteiger partial charge in [-0.3, -0.25) is 4.79 Å². The summed E-state index contributed by atoms with van der Waals surface area (Å²) in [6, 6.07) is 9.74. The topological polar surface area (TPSA) is 77.2 Å². The van der Waals surface area contributed by atoms with Crippen LogP contribution < -0.4 is 5.73 Å². The van der Waals surface area contributed by atoms with Crippen LogP contribution in [0.5, 0.6) is 0 Å². The number of rotatable bonds is 5. The van der Waals surface area contributed by atoms with Gasteiger partial charge in [0.2, 0.25) is 0 Å². The largest absolute Gasteiger partial charge is 0.384 e. The SMILES string of the molecule is CC1CN(C(=O)CO/N=C(/N)Cc2ccccc2)CCO1. The van der Waals surface area contributed by atoms with Crippen molar-refractivity contribution >= 4 is 11.7 Å². The predicted molar refractivity (Wildman–Crippen MR) is 79.7 cm³/mol. The van der Waals surface area contributed by atoms with Gasteiger partial charge in [-0.15, -0.1) is 0 Å². The Bertz CT molecular complexity index is 490. The van der Waals surface area contributed by atoms with Crippen molar-refractivity contribution in [3.05, 3.63) is 35.9 Å². The van der Waals surface area contributed by atoms with Crippen molar-refractivity contribution in [1.29, 1.82) is 0 Å². The minimum Gasteiger partial charge on any atom is -0.384 e. The van der Waals surface area contributed by atoms with E-state index in [4.69, 9.17) is 15.3 Å². The quantitative estimate of drug-likeness (QED) is 0.494. The van der Waals surface area contributed by atoms with E-state index in [0.29, 0.717) is 32.0 Å². The van der Waals surface area contributed by atoms with Gasteiger partial charge in [0.25, 0.3) is 5.91 Å². The average Bonchev–Trinajstić information content (AvgIpc) is 2.48. The summed E-state index contributed by atoms with van der Waals surface area (Å²) in [5.41, 5.74) is 6.82. The van der Waals surface area contributed by atoms with Crippen LogP contribution in [0.3, 0.4) is 0 Å². The Balaban J connectivity index is 1.74. The Labute approximate surface area is 124 Å². The number of nitrogens with two attached hydrogens (primary N) is 1. The molecule has 1 fully saturated rings. The van der Waals surface area contributed by atoms with Crippen LogP contribution in [-0.4, -0.2) is 49.0 Å². The number of carbonyl (C=O) groups is 1. The van der Waals surface area contributed by atoms with Crippen LogP contribution in [0.1, 0.15) is 12.5 Å². The maximum atomic E-state index is 11.9. The van der Waals surface area contributed by atoms with Gasteiger partial charge in [0, 0.05) is 19.5 Å². The lowest BCUT2D eigenvalue weighted by Crippen LogP contribution is -2.45. The number of ether oxygens (including phenoxy) is 1. The normalized spacial score (nSPS) is 19.4. The molecule has 1 saturated heterocycles. The molecular weight excluding hydrogens is 270 g/mol. The van der Waals surface area contributed by atoms with Gasteiger partial charge < -0.3 is 20.2 Å². The fourth-order valence-electron chi connectivity index (χ4n) is 2.14. The van der Waals surface area contributed by atoms with Crippen LogP contribution in [0.15, 0.2) is 35.5 Å². The lowest BCUT2D eigenvalue weighted by Gasteiger charge is -2.30. The third kappa shape index (κ3) is 5.07. The average molecular weight is 291 g/mol. The molecule has 21 heavy (non-hydrogen) atoms. The number of carbonyl (C=O) groups excluding carboxylic acids is 1. The number of amidine groups is 1. The molecule has 1 aliphatic rings. The molecule has 0 saturated carbocycles. The molecule has 6 heteroatoms. The van der Waals surface area contributed by atoms with Gasteiger partial charge >= 0.3 is 0 Å². The number of oxime groups is 1. The second-order valence-corrected chi connectivity index (χ2v) is 5.04. The summed E-state index contributed by atoms with van der Waals surface area (Å²) in [7, 11) is 0. The lowest BCUT2D eigenvalue weighted by atomic mass is 10.1. The highest BCUT2D eigenvalue weighted by Gasteiger charge is 2.21. The third-order valence-corrected chi connectivity index (χ3v) is 3.19. The number of nitrogens with zero attached hydrogens (tertiary/aromatic N) is 2. The second kappa shape index (κ2) is 7.64. The van der Waals surface area contributed by atoms with Gasteiger partial charge in [-0.2, -0.15) is 0 Å². The molecule has 2 rings (SSSR count). The fourth-order valence-corrected chi connectivity index (χ4v) is 2.14. The Morgan fingerprint density at radius 1 is 1.48 bits per heavy atom. The summed E-state index contributed by atoms with van der Waals surface area (Å²) < 4.78 is 5.39. The van der Waals surface area contributed by atoms with Gasteiger partial charge in [0.1, 0.15) is 5.84 Å². The van der Waals surface area contributed by atoms with Gasteiger partial charge in [-0.1, -0.05) is 35.5 Å². The summed E-state index contributed by atoms with van der Waals surface area (Å²) in [5, 5.41) is 3.79. The standard InChI is InChI=1S/C15H21N3O3/c1-12-10-18(7-8-20-12)15(19)11-21-17-14(16)9-13-5-3-2-4-6-13/h2-6,12H,7-11H2,1H3,(H2,16,17). The molecule has 0 radical (unpaired) electrons. The molecule has 1 aromatic rings. The molecule has 114 valence electrons. The second-order valence-electron chi connectivity index (χ2n) is 5.04. The van der Waals surface area contributed by atoms with E-state index in [0.717, 1.165) is 5.56 Å². The molecule has 1 aromatic carbocycles. The molecule has 1 atom stereocenters. The number of hydrogen-bond donors (Lipinski definition) is 1. The number of morpholine rings is 1. The Morgan fingerprint density at radius 2 is 2.24 bits per heavy atom. The van der Waals surface area contributed by atoms with Crippen LogP contribution in [0.4, 0.5) is 0 Å². The summed E-state index contributed by atoms with van der Waals surface area (Å²) in [6.45, 7) is 3.59. The van der Waals surface area contributed by atoms with Crippen molar-refractivity contribution in [2.75, 3.05) is 26.3 Å². The maximum absolute atomic E-state index is 11.9. The van der Waals surface area contributed by atoms with Crippen LogP contribution in [0.2, 0.25) is 0 Å². The third-order valence-electron chi connectivity index (χ3n) is 3.19. The maximum Gasteiger partial charge on any atom is 0.263 e. The van der Waals surface area contributed by atoms with Gasteiger partial charge in [0.15, 0.2) is 6.61 Å². The lowest BCUT2D eigenvalue weighted by molar-refractivity contribution is -0.142. The first kappa shape index (κ1) is 15.3. The fraction of sp³-hybridized carbons (Fsp3) is 0.467. The van der Waals surface area contributed by atoms with Crippen LogP contribution in [0, 0.1) is 0 Å². The molecule has 2 N–H and O–H groups in total. The molecular formula is C15H21N3O3. The molecule has 6 nitrogen and oxygen atoms in total. The van der Waals surface area contributed by atoms with Crippen molar-refractivity contribution < 1.29 is 14.4 Å². The van der Waals surface area contributed by atoms with Gasteiger partial charge in [-0.25, -0.2) is 0 Å². The smallest absolute Gasteiger partial charge is 0.263 e. The molecule has 0 aliphatic carbocycles. The van der Waals surface area contributed by atoms with E-state index in [1.54, 1.807) is 4.90 Å². The molecule has 1 heterocycles. The zero-order valence-corrected chi connectivity index (χ0v) is 12.2. The molecule has 1 amide bonds. The molecule has 0 spiro atoms. The van der Waals surface area contributed by atoms with Crippen molar-refractivity contribution in [2.24, 2.45) is 10.9 Å². The van der Waals surface area contributed by atoms with Crippen LogP contribution >= 0.6 is 0 Å². The predicted octanol–water partition coefficient (Wildman–Crippen LogP) is 0.765. The molecule has 1 aliphatic heterocycles. The number of amides is 1. The van der Waals surface area contributed by atoms with E-state index >= 15 is 0 Å². The number of benzene rings is 1. The summed E-state index contributed by atoms with van der Waals surface area (Å²) in [6.07, 6.45) is 0.568. The molecule has 1 unspecified atom stereocenters. The van der Waals surface area contributed by atoms with E-state index in [1.165, 1.54) is 0 Å². The van der Waals surface area contributed by atoms with Crippen molar-refractivity contribution in [3.63, 3.8) is 0 Å². The van der Waals surface area contributed by atoms with Crippen LogP contribution in [-0.2, 0) is 20.8 Å². The Kier molecular flexibility index (Phi) is 5.57. The van der Waals surface area contributed by atoms with E-state index in [1.807, 2.05) is 37.3 Å². The summed E-state index contributed by atoms with van der Waals surface area (Å²) >= 11 is 0. The first-order valence-electron chi connectivity index (χ1n) is 7.03. The van der Waals surface area contributed by atoms with Crippen LogP contribution in [0.25, 0.3) is 0 Å². The zero-order chi connectivity index (χ0) is 15.1. The van der Waals surface area contributed by atoms with Crippen molar-refractivity contribution in [3.8, 4) is 0 Å². The Morgan fingerprint density at radius 3 is 2.95 bits per heavy atom. The van der Waals surface area contributed by atoms with Gasteiger partial charge in [-0.05, 0) is 12.5 Å². The van der Waals surface area contributed by atoms with Crippen molar-refractivity contribution in [1.82, 2.24) is 4.90 Å². The highest BCUT2D eigenvalue weighted by Crippen LogP contribution is 2.05. The Hall–Kier alpha value is -2.08. The van der Waals surface area contributed by atoms with Crippen molar-refractivity contribution in [2.45, 2.75) is 19.4 Å². The molecule has 0 aromatic heterocycles. The summed E-state index contributed by atoms with van der Waals surface area (Å²) in [5.74, 6) is 0.255. The first-order valence-corrected chi connectivity index (χ1v) is 7.03. The highest BCUT2D eigenvalue weighted by atomic mass is 16.6. The van der Waals surface area contributed by atoms with E-state index in [-0.39, 0.29) is 18.6 Å². The monoisotopic (exact) mass is 291 g/mol. The molecule has 0 bridgehead atoms. The van der Waals surface area contributed by atoms with Gasteiger partial charge in [0.05, 0.1) is 12.7 Å².